The highest BCUT2D eigenvalue weighted by atomic mass is 35.5. The van der Waals surface area contributed by atoms with Gasteiger partial charge in [0.2, 0.25) is 11.8 Å². The summed E-state index contributed by atoms with van der Waals surface area (Å²) in [6.45, 7) is 0.158. The van der Waals surface area contributed by atoms with Gasteiger partial charge < -0.3 is 14.8 Å². The number of methoxy groups -OCH3 is 1. The van der Waals surface area contributed by atoms with Gasteiger partial charge in [0.1, 0.15) is 12.4 Å². The third kappa shape index (κ3) is 3.55. The van der Waals surface area contributed by atoms with Crippen molar-refractivity contribution in [1.29, 1.82) is 0 Å². The number of benzene rings is 1. The molecule has 1 aromatic heterocycles. The minimum atomic E-state index is -4.58. The molecule has 3 rings (SSSR count). The average Bonchev–Trinajstić information content (AvgIpc) is 2.98. The number of carbonyl (C=O) groups excluding carboxylic acids is 1. The van der Waals surface area contributed by atoms with Crippen molar-refractivity contribution in [2.75, 3.05) is 13.7 Å². The first kappa shape index (κ1) is 18.3. The number of carbonyl (C=O) groups is 1. The number of aromatic nitrogens is 1. The minimum Gasteiger partial charge on any atom is -0.496 e. The van der Waals surface area contributed by atoms with Gasteiger partial charge in [-0.3, -0.25) is 4.79 Å². The topological polar surface area (TPSA) is 60.5 Å². The molecule has 9 heteroatoms. The zero-order chi connectivity index (χ0) is 18.9. The van der Waals surface area contributed by atoms with Crippen molar-refractivity contribution in [3.8, 4) is 11.6 Å². The molecule has 1 aliphatic heterocycles. The van der Waals surface area contributed by atoms with Gasteiger partial charge in [-0.05, 0) is 17.7 Å². The summed E-state index contributed by atoms with van der Waals surface area (Å²) in [5, 5.41) is 2.25. The summed E-state index contributed by atoms with van der Waals surface area (Å²) in [5.74, 6) is 0.375. The number of halogens is 4. The first-order chi connectivity index (χ1) is 12.3. The maximum absolute atomic E-state index is 12.9. The molecule has 0 saturated heterocycles. The second-order valence-electron chi connectivity index (χ2n) is 5.62. The van der Waals surface area contributed by atoms with Gasteiger partial charge in [-0.15, -0.1) is 0 Å². The van der Waals surface area contributed by atoms with E-state index in [1.165, 1.54) is 25.4 Å². The molecular weight excluding hydrogens is 373 g/mol. The Morgan fingerprint density at radius 3 is 2.88 bits per heavy atom. The van der Waals surface area contributed by atoms with Crippen LogP contribution in [0.2, 0.25) is 5.02 Å². The van der Waals surface area contributed by atoms with E-state index in [0.717, 1.165) is 6.07 Å². The molecule has 0 saturated carbocycles. The molecule has 2 aromatic rings. The highest BCUT2D eigenvalue weighted by molar-refractivity contribution is 6.32. The van der Waals surface area contributed by atoms with Crippen LogP contribution in [0.1, 0.15) is 22.7 Å². The Kier molecular flexibility index (Phi) is 4.95. The largest absolute Gasteiger partial charge is 0.496 e. The smallest absolute Gasteiger partial charge is 0.417 e. The third-order valence-electron chi connectivity index (χ3n) is 3.94. The van der Waals surface area contributed by atoms with Crippen LogP contribution in [0, 0.1) is 0 Å². The number of alkyl halides is 3. The zero-order valence-electron chi connectivity index (χ0n) is 13.6. The maximum Gasteiger partial charge on any atom is 0.417 e. The fraction of sp³-hybridized carbons (Fsp3) is 0.294. The summed E-state index contributed by atoms with van der Waals surface area (Å²) in [6.07, 6.45) is -3.36. The molecule has 0 aliphatic carbocycles. The summed E-state index contributed by atoms with van der Waals surface area (Å²) in [4.78, 5) is 16.4. The molecule has 1 amide bonds. The number of nitrogens with one attached hydrogen (secondary N) is 1. The Hall–Kier alpha value is -2.48. The molecule has 138 valence electrons. The highest BCUT2D eigenvalue weighted by Gasteiger charge is 2.34. The molecule has 0 radical (unpaired) electrons. The van der Waals surface area contributed by atoms with Crippen LogP contribution in [0.25, 0.3) is 0 Å². The van der Waals surface area contributed by atoms with E-state index >= 15 is 0 Å². The summed E-state index contributed by atoms with van der Waals surface area (Å²) < 4.78 is 49.4. The van der Waals surface area contributed by atoms with Crippen molar-refractivity contribution in [1.82, 2.24) is 10.3 Å². The fourth-order valence-corrected chi connectivity index (χ4v) is 3.06. The lowest BCUT2D eigenvalue weighted by Crippen LogP contribution is -2.31. The molecule has 2 heterocycles. The van der Waals surface area contributed by atoms with Crippen LogP contribution >= 0.6 is 11.6 Å². The maximum atomic E-state index is 12.9. The van der Waals surface area contributed by atoms with Crippen molar-refractivity contribution >= 4 is 17.5 Å². The Balaban J connectivity index is 1.76. The van der Waals surface area contributed by atoms with Crippen molar-refractivity contribution in [2.45, 2.75) is 18.6 Å². The van der Waals surface area contributed by atoms with Gasteiger partial charge in [0.25, 0.3) is 0 Å². The second-order valence-corrected chi connectivity index (χ2v) is 5.99. The zero-order valence-corrected chi connectivity index (χ0v) is 14.3. The molecule has 1 atom stereocenters. The molecule has 1 aromatic carbocycles. The lowest BCUT2D eigenvalue weighted by atomic mass is 10.1. The van der Waals surface area contributed by atoms with Gasteiger partial charge in [-0.25, -0.2) is 4.98 Å². The second kappa shape index (κ2) is 7.03. The SMILES string of the molecule is COc1ccnc2c1C(NC(=O)Cc1cccc(C(F)(F)F)c1Cl)CO2. The lowest BCUT2D eigenvalue weighted by molar-refractivity contribution is -0.137. The number of fused-ring (bicyclic) bond motifs is 1. The molecule has 0 spiro atoms. The summed E-state index contributed by atoms with van der Waals surface area (Å²) in [6, 6.07) is 4.61. The van der Waals surface area contributed by atoms with Gasteiger partial charge in [0.05, 0.1) is 35.7 Å². The van der Waals surface area contributed by atoms with E-state index in [1.807, 2.05) is 0 Å². The third-order valence-corrected chi connectivity index (χ3v) is 4.39. The first-order valence-electron chi connectivity index (χ1n) is 7.61. The van der Waals surface area contributed by atoms with Crippen LogP contribution in [0.15, 0.2) is 30.5 Å². The van der Waals surface area contributed by atoms with Gasteiger partial charge in [-0.1, -0.05) is 23.7 Å². The molecule has 5 nitrogen and oxygen atoms in total. The Morgan fingerprint density at radius 1 is 1.42 bits per heavy atom. The van der Waals surface area contributed by atoms with E-state index in [2.05, 4.69) is 10.3 Å². The van der Waals surface area contributed by atoms with E-state index < -0.39 is 28.7 Å². The number of rotatable bonds is 4. The van der Waals surface area contributed by atoms with E-state index in [-0.39, 0.29) is 18.6 Å². The molecular formula is C17H14ClF3N2O3. The number of nitrogens with zero attached hydrogens (tertiary/aromatic N) is 1. The quantitative estimate of drug-likeness (QED) is 0.873. The van der Waals surface area contributed by atoms with E-state index in [4.69, 9.17) is 21.1 Å². The molecule has 1 N–H and O–H groups in total. The first-order valence-corrected chi connectivity index (χ1v) is 7.98. The number of hydrogen-bond acceptors (Lipinski definition) is 4. The summed E-state index contributed by atoms with van der Waals surface area (Å²) >= 11 is 5.83. The Bertz CT molecular complexity index is 842. The van der Waals surface area contributed by atoms with Gasteiger partial charge >= 0.3 is 6.18 Å². The van der Waals surface area contributed by atoms with Crippen LogP contribution in [0.5, 0.6) is 11.6 Å². The van der Waals surface area contributed by atoms with Crippen LogP contribution in [-0.4, -0.2) is 24.6 Å². The summed E-state index contributed by atoms with van der Waals surface area (Å²) in [7, 11) is 1.48. The highest BCUT2D eigenvalue weighted by Crippen LogP contribution is 2.38. The van der Waals surface area contributed by atoms with Gasteiger partial charge in [-0.2, -0.15) is 13.2 Å². The standard InChI is InChI=1S/C17H14ClF3N2O3/c1-25-12-5-6-22-16-14(12)11(8-26-16)23-13(24)7-9-3-2-4-10(15(9)18)17(19,20)21/h2-6,11H,7-8H2,1H3,(H,23,24). The predicted octanol–water partition coefficient (Wildman–Crippen LogP) is 3.55. The number of ether oxygens (including phenoxy) is 2. The van der Waals surface area contributed by atoms with E-state index in [0.29, 0.717) is 17.2 Å². The van der Waals surface area contributed by atoms with Crippen molar-refractivity contribution in [2.24, 2.45) is 0 Å². The molecule has 1 unspecified atom stereocenters. The molecule has 1 aliphatic rings. The molecule has 0 fully saturated rings. The van der Waals surface area contributed by atoms with Crippen LogP contribution in [-0.2, 0) is 17.4 Å². The minimum absolute atomic E-state index is 0.0938. The van der Waals surface area contributed by atoms with Gasteiger partial charge in [0, 0.05) is 6.20 Å². The van der Waals surface area contributed by atoms with Crippen LogP contribution < -0.4 is 14.8 Å². The number of hydrogen-bond donors (Lipinski definition) is 1. The number of pyridine rings is 1. The van der Waals surface area contributed by atoms with Crippen molar-refractivity contribution in [3.63, 3.8) is 0 Å². The normalized spacial score (nSPS) is 16.0. The summed E-state index contributed by atoms with van der Waals surface area (Å²) in [5.41, 5.74) is -0.278. The van der Waals surface area contributed by atoms with E-state index in [9.17, 15) is 18.0 Å². The molecule has 26 heavy (non-hydrogen) atoms. The lowest BCUT2D eigenvalue weighted by Gasteiger charge is -2.15. The van der Waals surface area contributed by atoms with Gasteiger partial charge in [0.15, 0.2) is 0 Å². The monoisotopic (exact) mass is 386 g/mol. The van der Waals surface area contributed by atoms with Crippen LogP contribution in [0.3, 0.4) is 0 Å². The van der Waals surface area contributed by atoms with Crippen molar-refractivity contribution < 1.29 is 27.4 Å². The predicted molar refractivity (Wildman–Crippen MR) is 87.3 cm³/mol. The Morgan fingerprint density at radius 2 is 2.19 bits per heavy atom. The van der Waals surface area contributed by atoms with E-state index in [1.54, 1.807) is 6.07 Å². The van der Waals surface area contributed by atoms with Crippen molar-refractivity contribution in [3.05, 3.63) is 52.2 Å². The molecule has 0 bridgehead atoms. The fourth-order valence-electron chi connectivity index (χ4n) is 2.76. The van der Waals surface area contributed by atoms with Crippen LogP contribution in [0.4, 0.5) is 13.2 Å². The average molecular weight is 387 g/mol. The number of amides is 1. The Labute approximate surface area is 152 Å².